The highest BCUT2D eigenvalue weighted by Gasteiger charge is 2.32. The first-order chi connectivity index (χ1) is 7.74. The third kappa shape index (κ3) is 2.67. The van der Waals surface area contributed by atoms with Gasteiger partial charge in [-0.05, 0) is 31.6 Å². The smallest absolute Gasteiger partial charge is 0.317 e. The normalized spacial score (nSPS) is 30.2. The van der Waals surface area contributed by atoms with Gasteiger partial charge in [0, 0.05) is 25.2 Å². The Kier molecular flexibility index (Phi) is 3.69. The van der Waals surface area contributed by atoms with E-state index < -0.39 is 0 Å². The number of rotatable bonds is 3. The number of nitrogens with zero attached hydrogens (tertiary/aromatic N) is 1. The largest absolute Gasteiger partial charge is 0.335 e. The summed E-state index contributed by atoms with van der Waals surface area (Å²) < 4.78 is 0. The first-order valence-electron chi connectivity index (χ1n) is 6.51. The molecular weight excluding hydrogens is 202 g/mol. The molecule has 1 aliphatic heterocycles. The van der Waals surface area contributed by atoms with Gasteiger partial charge >= 0.3 is 6.03 Å². The molecule has 3 N–H and O–H groups in total. The number of nitrogens with one attached hydrogen (secondary N) is 1. The van der Waals surface area contributed by atoms with Crippen LogP contribution >= 0.6 is 0 Å². The molecule has 92 valence electrons. The second-order valence-corrected chi connectivity index (χ2v) is 5.11. The monoisotopic (exact) mass is 225 g/mol. The van der Waals surface area contributed by atoms with Crippen molar-refractivity contribution in [2.45, 2.75) is 51.1 Å². The Morgan fingerprint density at radius 2 is 2.19 bits per heavy atom. The molecule has 4 nitrogen and oxygen atoms in total. The van der Waals surface area contributed by atoms with Crippen LogP contribution in [-0.2, 0) is 0 Å². The van der Waals surface area contributed by atoms with E-state index in [2.05, 4.69) is 12.2 Å². The second kappa shape index (κ2) is 5.04. The molecule has 2 atom stereocenters. The molecule has 0 aromatic heterocycles. The predicted octanol–water partition coefficient (Wildman–Crippen LogP) is 1.31. The minimum atomic E-state index is 0.104. The van der Waals surface area contributed by atoms with Gasteiger partial charge < -0.3 is 16.0 Å². The van der Waals surface area contributed by atoms with Gasteiger partial charge in [0.2, 0.25) is 0 Å². The van der Waals surface area contributed by atoms with Crippen LogP contribution in [0.5, 0.6) is 0 Å². The van der Waals surface area contributed by atoms with Crippen molar-refractivity contribution in [3.8, 4) is 0 Å². The van der Waals surface area contributed by atoms with Crippen molar-refractivity contribution in [1.82, 2.24) is 10.2 Å². The molecule has 4 heteroatoms. The summed E-state index contributed by atoms with van der Waals surface area (Å²) >= 11 is 0. The van der Waals surface area contributed by atoms with E-state index >= 15 is 0 Å². The van der Waals surface area contributed by atoms with Crippen molar-refractivity contribution in [3.05, 3.63) is 0 Å². The summed E-state index contributed by atoms with van der Waals surface area (Å²) in [5.74, 6) is 0.749. The molecule has 2 aliphatic rings. The van der Waals surface area contributed by atoms with Gasteiger partial charge in [-0.15, -0.1) is 0 Å². The number of carbonyl (C=O) groups is 1. The molecule has 0 bridgehead atoms. The molecule has 0 aromatic rings. The van der Waals surface area contributed by atoms with Gasteiger partial charge in [-0.2, -0.15) is 0 Å². The van der Waals surface area contributed by atoms with Crippen molar-refractivity contribution in [2.24, 2.45) is 11.7 Å². The summed E-state index contributed by atoms with van der Waals surface area (Å²) in [6, 6.07) is 0.791. The first kappa shape index (κ1) is 11.7. The highest BCUT2D eigenvalue weighted by atomic mass is 16.2. The SMILES string of the molecule is CCC1CCN(C(=O)NC2CC2)C(CN)C1. The van der Waals surface area contributed by atoms with Gasteiger partial charge in [0.1, 0.15) is 0 Å². The van der Waals surface area contributed by atoms with Crippen LogP contribution in [0.4, 0.5) is 4.79 Å². The Hall–Kier alpha value is -0.770. The average Bonchev–Trinajstić information content (AvgIpc) is 3.11. The lowest BCUT2D eigenvalue weighted by molar-refractivity contribution is 0.128. The Bertz CT molecular complexity index is 253. The summed E-state index contributed by atoms with van der Waals surface area (Å²) in [6.45, 7) is 3.69. The fourth-order valence-electron chi connectivity index (χ4n) is 2.48. The van der Waals surface area contributed by atoms with Gasteiger partial charge in [0.15, 0.2) is 0 Å². The van der Waals surface area contributed by atoms with Gasteiger partial charge in [-0.3, -0.25) is 0 Å². The van der Waals surface area contributed by atoms with Crippen LogP contribution in [0.15, 0.2) is 0 Å². The fraction of sp³-hybridized carbons (Fsp3) is 0.917. The summed E-state index contributed by atoms with van der Waals surface area (Å²) in [5.41, 5.74) is 5.77. The lowest BCUT2D eigenvalue weighted by Gasteiger charge is -2.38. The third-order valence-corrected chi connectivity index (χ3v) is 3.84. The second-order valence-electron chi connectivity index (χ2n) is 5.11. The highest BCUT2D eigenvalue weighted by molar-refractivity contribution is 5.75. The van der Waals surface area contributed by atoms with E-state index in [0.717, 1.165) is 38.1 Å². The molecule has 1 saturated heterocycles. The molecule has 1 saturated carbocycles. The Morgan fingerprint density at radius 1 is 1.44 bits per heavy atom. The van der Waals surface area contributed by atoms with E-state index in [0.29, 0.717) is 12.6 Å². The molecule has 2 rings (SSSR count). The van der Waals surface area contributed by atoms with E-state index in [1.165, 1.54) is 6.42 Å². The van der Waals surface area contributed by atoms with Gasteiger partial charge in [0.25, 0.3) is 0 Å². The lowest BCUT2D eigenvalue weighted by atomic mass is 9.89. The van der Waals surface area contributed by atoms with E-state index in [-0.39, 0.29) is 12.1 Å². The van der Waals surface area contributed by atoms with E-state index in [1.54, 1.807) is 0 Å². The Morgan fingerprint density at radius 3 is 2.75 bits per heavy atom. The van der Waals surface area contributed by atoms with Crippen LogP contribution in [0.25, 0.3) is 0 Å². The minimum absolute atomic E-state index is 0.104. The van der Waals surface area contributed by atoms with E-state index in [4.69, 9.17) is 5.73 Å². The third-order valence-electron chi connectivity index (χ3n) is 3.84. The number of piperidine rings is 1. The molecule has 0 aromatic carbocycles. The average molecular weight is 225 g/mol. The Balaban J connectivity index is 1.89. The van der Waals surface area contributed by atoms with Crippen LogP contribution in [0.2, 0.25) is 0 Å². The topological polar surface area (TPSA) is 58.4 Å². The molecule has 2 fully saturated rings. The van der Waals surface area contributed by atoms with Gasteiger partial charge in [-0.25, -0.2) is 4.79 Å². The summed E-state index contributed by atoms with van der Waals surface area (Å²) in [6.07, 6.45) is 5.69. The predicted molar refractivity (Wildman–Crippen MR) is 64.1 cm³/mol. The first-order valence-corrected chi connectivity index (χ1v) is 6.51. The fourth-order valence-corrected chi connectivity index (χ4v) is 2.48. The number of hydrogen-bond acceptors (Lipinski definition) is 2. The number of hydrogen-bond donors (Lipinski definition) is 2. The maximum Gasteiger partial charge on any atom is 0.317 e. The van der Waals surface area contributed by atoms with Crippen molar-refractivity contribution >= 4 is 6.03 Å². The number of likely N-dealkylation sites (tertiary alicyclic amines) is 1. The van der Waals surface area contributed by atoms with Gasteiger partial charge in [0.05, 0.1) is 0 Å². The highest BCUT2D eigenvalue weighted by Crippen LogP contribution is 2.26. The molecule has 0 radical (unpaired) electrons. The van der Waals surface area contributed by atoms with Crippen molar-refractivity contribution in [3.63, 3.8) is 0 Å². The number of carbonyl (C=O) groups excluding carboxylic acids is 1. The molecule has 16 heavy (non-hydrogen) atoms. The van der Waals surface area contributed by atoms with E-state index in [1.807, 2.05) is 4.90 Å². The zero-order valence-corrected chi connectivity index (χ0v) is 10.1. The van der Waals surface area contributed by atoms with E-state index in [9.17, 15) is 4.79 Å². The van der Waals surface area contributed by atoms with Crippen LogP contribution in [-0.4, -0.2) is 36.1 Å². The van der Waals surface area contributed by atoms with Gasteiger partial charge in [-0.1, -0.05) is 13.3 Å². The van der Waals surface area contributed by atoms with Crippen LogP contribution in [0.1, 0.15) is 39.0 Å². The zero-order valence-electron chi connectivity index (χ0n) is 10.1. The molecular formula is C12H23N3O. The molecule has 0 spiro atoms. The summed E-state index contributed by atoms with van der Waals surface area (Å²) in [5, 5.41) is 3.05. The molecule has 2 unspecified atom stereocenters. The molecule has 2 amide bonds. The van der Waals surface area contributed by atoms with Crippen LogP contribution in [0.3, 0.4) is 0 Å². The van der Waals surface area contributed by atoms with Crippen molar-refractivity contribution in [2.75, 3.05) is 13.1 Å². The minimum Gasteiger partial charge on any atom is -0.335 e. The quantitative estimate of drug-likeness (QED) is 0.761. The van der Waals surface area contributed by atoms with Crippen LogP contribution in [0, 0.1) is 5.92 Å². The lowest BCUT2D eigenvalue weighted by Crippen LogP contribution is -2.53. The van der Waals surface area contributed by atoms with Crippen LogP contribution < -0.4 is 11.1 Å². The molecule has 1 heterocycles. The number of nitrogens with two attached hydrogens (primary N) is 1. The van der Waals surface area contributed by atoms with Crippen molar-refractivity contribution in [1.29, 1.82) is 0 Å². The molecule has 1 aliphatic carbocycles. The summed E-state index contributed by atoms with van der Waals surface area (Å²) in [4.78, 5) is 13.9. The standard InChI is InChI=1S/C12H23N3O/c1-2-9-5-6-15(11(7-9)8-13)12(16)14-10-3-4-10/h9-11H,2-8,13H2,1H3,(H,14,16). The number of amides is 2. The summed E-state index contributed by atoms with van der Waals surface area (Å²) in [7, 11) is 0. The Labute approximate surface area is 97.6 Å². The maximum absolute atomic E-state index is 12.0. The number of urea groups is 1. The van der Waals surface area contributed by atoms with Crippen molar-refractivity contribution < 1.29 is 4.79 Å². The maximum atomic E-state index is 12.0. The zero-order chi connectivity index (χ0) is 11.5.